The summed E-state index contributed by atoms with van der Waals surface area (Å²) in [5.74, 6) is -1.45. The number of Topliss-reactive ketones (excluding diaryl/α,β-unsaturated/α-hetero) is 1. The van der Waals surface area contributed by atoms with Crippen molar-refractivity contribution < 1.29 is 29.4 Å². The van der Waals surface area contributed by atoms with E-state index in [-0.39, 0.29) is 23.5 Å². The quantitative estimate of drug-likeness (QED) is 0.119. The molecule has 59 heavy (non-hydrogen) atoms. The van der Waals surface area contributed by atoms with Crippen LogP contribution in [0.2, 0.25) is 10.0 Å². The molecule has 0 spiro atoms. The van der Waals surface area contributed by atoms with Crippen LogP contribution in [0.5, 0.6) is 0 Å². The molecule has 0 unspecified atom stereocenters. The Kier molecular flexibility index (Phi) is 10.8. The molecule has 4 heterocycles. The number of ketones is 1. The molecule has 4 aromatic rings. The summed E-state index contributed by atoms with van der Waals surface area (Å²) in [6, 6.07) is 10.8. The molecule has 2 saturated carbocycles. The summed E-state index contributed by atoms with van der Waals surface area (Å²) >= 11 is 14.0. The van der Waals surface area contributed by atoms with Gasteiger partial charge in [0.2, 0.25) is 5.78 Å². The summed E-state index contributed by atoms with van der Waals surface area (Å²) in [4.78, 5) is 65.2. The summed E-state index contributed by atoms with van der Waals surface area (Å²) in [6.45, 7) is 7.31. The number of aromatic nitrogens is 4. The molecule has 8 rings (SSSR count). The number of aliphatic carboxylic acids is 2. The standard InChI is InChI=1S/C44H51Cl2N7O6/c1-42(2,40(56)57)25-53-19-12-32-31(23-53)47-37(50(32)3)34(54)21-26-7-5-8-27(35(26)45)28-9-6-10-29(36(28)46)49-39(55)38-48-30-22-52(18-11-33(30)51(38)4)20-17-43-13-15-44(24-43,16-14-43)41(58)59/h5-10H,11-25H2,1-4H3,(H,49,55)(H,56,57)(H,58,59). The average molecular weight is 845 g/mol. The molecule has 2 aliphatic carbocycles. The highest BCUT2D eigenvalue weighted by Gasteiger charge is 2.57. The van der Waals surface area contributed by atoms with Crippen molar-refractivity contribution in [1.82, 2.24) is 28.9 Å². The van der Waals surface area contributed by atoms with Crippen LogP contribution in [0.15, 0.2) is 36.4 Å². The number of nitrogens with zero attached hydrogens (tertiary/aromatic N) is 6. The van der Waals surface area contributed by atoms with Crippen molar-refractivity contribution >= 4 is 52.5 Å². The molecule has 13 nitrogen and oxygen atoms in total. The lowest BCUT2D eigenvalue weighted by molar-refractivity contribution is -0.149. The minimum Gasteiger partial charge on any atom is -0.481 e. The van der Waals surface area contributed by atoms with Gasteiger partial charge in [-0.2, -0.15) is 0 Å². The van der Waals surface area contributed by atoms with E-state index in [1.165, 1.54) is 0 Å². The van der Waals surface area contributed by atoms with E-state index in [1.54, 1.807) is 32.0 Å². The zero-order valence-electron chi connectivity index (χ0n) is 34.0. The van der Waals surface area contributed by atoms with Crippen molar-refractivity contribution in [3.8, 4) is 11.1 Å². The van der Waals surface area contributed by atoms with Crippen LogP contribution >= 0.6 is 23.2 Å². The van der Waals surface area contributed by atoms with Crippen molar-refractivity contribution in [2.75, 3.05) is 31.5 Å². The Morgan fingerprint density at radius 2 is 1.41 bits per heavy atom. The van der Waals surface area contributed by atoms with Gasteiger partial charge in [0.1, 0.15) is 0 Å². The number of carboxylic acid groups (broad SMARTS) is 2. The maximum Gasteiger partial charge on any atom is 0.310 e. The van der Waals surface area contributed by atoms with Gasteiger partial charge in [-0.05, 0) is 76.0 Å². The number of hydrogen-bond donors (Lipinski definition) is 3. The van der Waals surface area contributed by atoms with E-state index in [9.17, 15) is 29.4 Å². The molecule has 0 radical (unpaired) electrons. The molecule has 0 atom stereocenters. The van der Waals surface area contributed by atoms with E-state index in [0.29, 0.717) is 76.7 Å². The first-order valence-corrected chi connectivity index (χ1v) is 21.2. The number of halogens is 2. The molecular weight excluding hydrogens is 793 g/mol. The molecule has 1 amide bonds. The summed E-state index contributed by atoms with van der Waals surface area (Å²) in [6.07, 6.45) is 6.74. The van der Waals surface area contributed by atoms with Crippen LogP contribution < -0.4 is 5.32 Å². The second-order valence-electron chi connectivity index (χ2n) is 18.0. The van der Waals surface area contributed by atoms with Gasteiger partial charge in [0.25, 0.3) is 5.91 Å². The first-order valence-electron chi connectivity index (χ1n) is 20.4. The monoisotopic (exact) mass is 843 g/mol. The molecule has 0 saturated heterocycles. The molecule has 3 N–H and O–H groups in total. The topological polar surface area (TPSA) is 163 Å². The van der Waals surface area contributed by atoms with Crippen molar-refractivity contribution in [2.24, 2.45) is 30.3 Å². The Balaban J connectivity index is 0.931. The molecule has 2 bridgehead atoms. The number of carbonyl (C=O) groups is 4. The SMILES string of the molecule is Cn1c(C(=O)Cc2cccc(-c3cccc(NC(=O)c4nc5c(n4C)CCN(CCC46CCC(C(=O)O)(CC4)C6)C5)c3Cl)c2Cl)nc2c1CCN(CC(C)(C)C(=O)O)C2. The van der Waals surface area contributed by atoms with E-state index < -0.39 is 22.8 Å². The fourth-order valence-electron chi connectivity index (χ4n) is 10.1. The first kappa shape index (κ1) is 41.2. The molecule has 2 fully saturated rings. The number of hydrogen-bond acceptors (Lipinski definition) is 8. The third-order valence-corrected chi connectivity index (χ3v) is 14.5. The number of fused-ring (bicyclic) bond motifs is 4. The highest BCUT2D eigenvalue weighted by atomic mass is 35.5. The number of carboxylic acids is 2. The van der Waals surface area contributed by atoms with Crippen molar-refractivity contribution in [1.29, 1.82) is 0 Å². The molecule has 15 heteroatoms. The highest BCUT2D eigenvalue weighted by molar-refractivity contribution is 6.39. The highest BCUT2D eigenvalue weighted by Crippen LogP contribution is 2.63. The minimum atomic E-state index is -0.907. The Morgan fingerprint density at radius 1 is 0.814 bits per heavy atom. The maximum atomic E-state index is 13.8. The number of imidazole rings is 2. The average Bonchev–Trinajstić information content (AvgIpc) is 3.96. The fraction of sp³-hybridized carbons (Fsp3) is 0.500. The smallest absolute Gasteiger partial charge is 0.310 e. The maximum absolute atomic E-state index is 13.8. The Bertz CT molecular complexity index is 2380. The van der Waals surface area contributed by atoms with Gasteiger partial charge in [-0.3, -0.25) is 29.0 Å². The second kappa shape index (κ2) is 15.5. The molecule has 2 aromatic heterocycles. The van der Waals surface area contributed by atoms with Gasteiger partial charge < -0.3 is 24.7 Å². The number of nitrogens with one attached hydrogen (secondary N) is 1. The fourth-order valence-corrected chi connectivity index (χ4v) is 10.7. The van der Waals surface area contributed by atoms with E-state index in [0.717, 1.165) is 80.8 Å². The van der Waals surface area contributed by atoms with E-state index >= 15 is 0 Å². The Labute approximate surface area is 353 Å². The normalized spacial score (nSPS) is 21.7. The van der Waals surface area contributed by atoms with Crippen molar-refractivity contribution in [3.05, 3.63) is 86.4 Å². The zero-order chi connectivity index (χ0) is 42.0. The van der Waals surface area contributed by atoms with Crippen LogP contribution in [0.1, 0.15) is 102 Å². The van der Waals surface area contributed by atoms with E-state index in [2.05, 4.69) is 15.1 Å². The number of benzene rings is 2. The van der Waals surface area contributed by atoms with Crippen LogP contribution in [0, 0.1) is 16.2 Å². The number of anilines is 1. The largest absolute Gasteiger partial charge is 0.481 e. The molecule has 312 valence electrons. The molecular formula is C44H51Cl2N7O6. The number of rotatable bonds is 13. The lowest BCUT2D eigenvalue weighted by Gasteiger charge is -2.32. The third kappa shape index (κ3) is 7.60. The predicted molar refractivity (Wildman–Crippen MR) is 224 cm³/mol. The Morgan fingerprint density at radius 3 is 2.05 bits per heavy atom. The summed E-state index contributed by atoms with van der Waals surface area (Å²) in [5, 5.41) is 23.1. The number of amides is 1. The van der Waals surface area contributed by atoms with Crippen molar-refractivity contribution in [2.45, 2.75) is 84.7 Å². The van der Waals surface area contributed by atoms with E-state index in [4.69, 9.17) is 33.2 Å². The lowest BCUT2D eigenvalue weighted by atomic mass is 9.80. The van der Waals surface area contributed by atoms with Crippen LogP contribution in [-0.4, -0.2) is 88.9 Å². The van der Waals surface area contributed by atoms with Crippen LogP contribution in [-0.2, 0) is 56.0 Å². The molecule has 2 aromatic carbocycles. The van der Waals surface area contributed by atoms with Crippen LogP contribution in [0.25, 0.3) is 11.1 Å². The van der Waals surface area contributed by atoms with Crippen molar-refractivity contribution in [3.63, 3.8) is 0 Å². The van der Waals surface area contributed by atoms with Gasteiger partial charge >= 0.3 is 11.9 Å². The molecule has 4 aliphatic rings. The Hall–Kier alpha value is -4.56. The summed E-state index contributed by atoms with van der Waals surface area (Å²) in [7, 11) is 3.70. The van der Waals surface area contributed by atoms with Gasteiger partial charge in [0, 0.05) is 88.6 Å². The predicted octanol–water partition coefficient (Wildman–Crippen LogP) is 7.06. The second-order valence-corrected chi connectivity index (χ2v) is 18.7. The van der Waals surface area contributed by atoms with Crippen LogP contribution in [0.4, 0.5) is 5.69 Å². The summed E-state index contributed by atoms with van der Waals surface area (Å²) < 4.78 is 3.70. The van der Waals surface area contributed by atoms with Gasteiger partial charge in [0.15, 0.2) is 11.6 Å². The molecule has 2 aliphatic heterocycles. The minimum absolute atomic E-state index is 0.00770. The van der Waals surface area contributed by atoms with Gasteiger partial charge in [-0.15, -0.1) is 0 Å². The first-order chi connectivity index (χ1) is 28.0. The van der Waals surface area contributed by atoms with E-state index in [1.807, 2.05) is 41.4 Å². The van der Waals surface area contributed by atoms with Gasteiger partial charge in [0.05, 0.1) is 38.0 Å². The van der Waals surface area contributed by atoms with Crippen LogP contribution in [0.3, 0.4) is 0 Å². The third-order valence-electron chi connectivity index (χ3n) is 13.7. The van der Waals surface area contributed by atoms with Gasteiger partial charge in [-0.25, -0.2) is 9.97 Å². The zero-order valence-corrected chi connectivity index (χ0v) is 35.5. The lowest BCUT2D eigenvalue weighted by Crippen LogP contribution is -2.41. The number of carbonyl (C=O) groups excluding carboxylic acids is 2. The summed E-state index contributed by atoms with van der Waals surface area (Å²) in [5.41, 5.74) is 4.58. The van der Waals surface area contributed by atoms with Gasteiger partial charge in [-0.1, -0.05) is 53.5 Å².